The van der Waals surface area contributed by atoms with Gasteiger partial charge in [0.05, 0.1) is 12.8 Å². The molecule has 0 unspecified atom stereocenters. The van der Waals surface area contributed by atoms with Crippen LogP contribution in [0.4, 0.5) is 8.78 Å². The first-order valence-corrected chi connectivity index (χ1v) is 4.12. The highest BCUT2D eigenvalue weighted by Crippen LogP contribution is 2.26. The standard InChI is InChI=1S/C9H12F2N2O/c1-5-3-7(14-2)6(4-12)13-8(5)9(10)11/h3,9H,4,12H2,1-2H3. The molecule has 5 heteroatoms. The fraction of sp³-hybridized carbons (Fsp3) is 0.444. The molecule has 0 aliphatic carbocycles. The maximum Gasteiger partial charge on any atom is 0.280 e. The maximum absolute atomic E-state index is 12.4. The Balaban J connectivity index is 3.23. The number of aryl methyl sites for hydroxylation is 1. The highest BCUT2D eigenvalue weighted by molar-refractivity contribution is 5.35. The van der Waals surface area contributed by atoms with Crippen LogP contribution in [0.5, 0.6) is 5.75 Å². The number of hydrogen-bond acceptors (Lipinski definition) is 3. The van der Waals surface area contributed by atoms with Crippen LogP contribution < -0.4 is 10.5 Å². The van der Waals surface area contributed by atoms with Crippen LogP contribution in [0.25, 0.3) is 0 Å². The van der Waals surface area contributed by atoms with Crippen molar-refractivity contribution in [3.8, 4) is 5.75 Å². The van der Waals surface area contributed by atoms with Crippen molar-refractivity contribution in [3.05, 3.63) is 23.0 Å². The molecule has 0 aliphatic heterocycles. The number of rotatable bonds is 3. The molecule has 0 spiro atoms. The lowest BCUT2D eigenvalue weighted by molar-refractivity contribution is 0.144. The van der Waals surface area contributed by atoms with Gasteiger partial charge >= 0.3 is 0 Å². The van der Waals surface area contributed by atoms with Crippen LogP contribution in [0.15, 0.2) is 6.07 Å². The molecule has 3 nitrogen and oxygen atoms in total. The lowest BCUT2D eigenvalue weighted by Gasteiger charge is -2.10. The monoisotopic (exact) mass is 202 g/mol. The van der Waals surface area contributed by atoms with E-state index < -0.39 is 6.43 Å². The van der Waals surface area contributed by atoms with Crippen LogP contribution in [-0.2, 0) is 6.54 Å². The second kappa shape index (κ2) is 4.32. The highest BCUT2D eigenvalue weighted by Gasteiger charge is 2.15. The number of alkyl halides is 2. The number of aromatic nitrogens is 1. The summed E-state index contributed by atoms with van der Waals surface area (Å²) >= 11 is 0. The number of methoxy groups -OCH3 is 1. The average molecular weight is 202 g/mol. The summed E-state index contributed by atoms with van der Waals surface area (Å²) in [6, 6.07) is 1.52. The minimum atomic E-state index is -2.58. The summed E-state index contributed by atoms with van der Waals surface area (Å²) < 4.78 is 29.8. The molecule has 0 bridgehead atoms. The quantitative estimate of drug-likeness (QED) is 0.812. The predicted octanol–water partition coefficient (Wildman–Crippen LogP) is 1.79. The van der Waals surface area contributed by atoms with E-state index >= 15 is 0 Å². The predicted molar refractivity (Wildman–Crippen MR) is 48.4 cm³/mol. The minimum absolute atomic E-state index is 0.0865. The maximum atomic E-state index is 12.4. The second-order valence-corrected chi connectivity index (χ2v) is 2.84. The molecular formula is C9H12F2N2O. The minimum Gasteiger partial charge on any atom is -0.495 e. The number of nitrogens with two attached hydrogens (primary N) is 1. The highest BCUT2D eigenvalue weighted by atomic mass is 19.3. The van der Waals surface area contributed by atoms with E-state index in [4.69, 9.17) is 10.5 Å². The van der Waals surface area contributed by atoms with Crippen molar-refractivity contribution in [1.29, 1.82) is 0 Å². The van der Waals surface area contributed by atoms with Crippen molar-refractivity contribution < 1.29 is 13.5 Å². The lowest BCUT2D eigenvalue weighted by Crippen LogP contribution is -2.07. The number of pyridine rings is 1. The molecule has 0 fully saturated rings. The Labute approximate surface area is 80.9 Å². The molecule has 1 aromatic rings. The molecule has 0 saturated heterocycles. The summed E-state index contributed by atoms with van der Waals surface area (Å²) in [6.07, 6.45) is -2.58. The van der Waals surface area contributed by atoms with Gasteiger partial charge in [-0.25, -0.2) is 13.8 Å². The second-order valence-electron chi connectivity index (χ2n) is 2.84. The van der Waals surface area contributed by atoms with Gasteiger partial charge in [-0.05, 0) is 18.6 Å². The number of halogens is 2. The van der Waals surface area contributed by atoms with Crippen LogP contribution in [0, 0.1) is 6.92 Å². The van der Waals surface area contributed by atoms with Gasteiger partial charge in [-0.3, -0.25) is 0 Å². The molecule has 0 radical (unpaired) electrons. The molecule has 2 N–H and O–H groups in total. The molecule has 0 aliphatic rings. The van der Waals surface area contributed by atoms with Gasteiger partial charge in [0.15, 0.2) is 0 Å². The van der Waals surface area contributed by atoms with Gasteiger partial charge in [-0.15, -0.1) is 0 Å². The van der Waals surface area contributed by atoms with Crippen LogP contribution in [0.1, 0.15) is 23.4 Å². The van der Waals surface area contributed by atoms with Gasteiger partial charge in [0.25, 0.3) is 6.43 Å². The summed E-state index contributed by atoms with van der Waals surface area (Å²) in [5.74, 6) is 0.453. The molecule has 0 saturated carbocycles. The van der Waals surface area contributed by atoms with E-state index in [2.05, 4.69) is 4.98 Å². The molecule has 1 aromatic heterocycles. The van der Waals surface area contributed by atoms with E-state index in [0.29, 0.717) is 17.0 Å². The van der Waals surface area contributed by atoms with E-state index in [1.807, 2.05) is 0 Å². The van der Waals surface area contributed by atoms with Gasteiger partial charge < -0.3 is 10.5 Å². The van der Waals surface area contributed by atoms with Gasteiger partial charge in [-0.2, -0.15) is 0 Å². The smallest absolute Gasteiger partial charge is 0.280 e. The Bertz CT molecular complexity index is 329. The molecule has 0 atom stereocenters. The molecule has 1 rings (SSSR count). The zero-order valence-electron chi connectivity index (χ0n) is 8.05. The van der Waals surface area contributed by atoms with E-state index in [9.17, 15) is 8.78 Å². The zero-order chi connectivity index (χ0) is 10.7. The van der Waals surface area contributed by atoms with Gasteiger partial charge in [-0.1, -0.05) is 0 Å². The topological polar surface area (TPSA) is 48.1 Å². The van der Waals surface area contributed by atoms with Crippen LogP contribution in [0.3, 0.4) is 0 Å². The largest absolute Gasteiger partial charge is 0.495 e. The Morgan fingerprint density at radius 3 is 2.64 bits per heavy atom. The van der Waals surface area contributed by atoms with E-state index in [1.54, 1.807) is 6.92 Å². The third-order valence-electron chi connectivity index (χ3n) is 1.91. The Morgan fingerprint density at radius 1 is 1.57 bits per heavy atom. The van der Waals surface area contributed by atoms with Crippen molar-refractivity contribution in [3.63, 3.8) is 0 Å². The van der Waals surface area contributed by atoms with Crippen LogP contribution in [0.2, 0.25) is 0 Å². The summed E-state index contributed by atoms with van der Waals surface area (Å²) in [7, 11) is 1.46. The summed E-state index contributed by atoms with van der Waals surface area (Å²) in [4.78, 5) is 3.76. The number of ether oxygens (including phenoxy) is 1. The van der Waals surface area contributed by atoms with Crippen molar-refractivity contribution in [1.82, 2.24) is 4.98 Å². The molecule has 0 amide bonds. The van der Waals surface area contributed by atoms with E-state index in [-0.39, 0.29) is 12.2 Å². The Morgan fingerprint density at radius 2 is 2.21 bits per heavy atom. The normalized spacial score (nSPS) is 10.7. The number of hydrogen-bond donors (Lipinski definition) is 1. The number of nitrogens with zero attached hydrogens (tertiary/aromatic N) is 1. The Kier molecular flexibility index (Phi) is 3.35. The summed E-state index contributed by atoms with van der Waals surface area (Å²) in [5, 5.41) is 0. The first-order chi connectivity index (χ1) is 6.60. The molecule has 78 valence electrons. The summed E-state index contributed by atoms with van der Waals surface area (Å²) in [5.41, 5.74) is 5.89. The van der Waals surface area contributed by atoms with Crippen molar-refractivity contribution >= 4 is 0 Å². The Hall–Kier alpha value is -1.23. The van der Waals surface area contributed by atoms with Gasteiger partial charge in [0.1, 0.15) is 11.4 Å². The lowest BCUT2D eigenvalue weighted by atomic mass is 10.2. The fourth-order valence-corrected chi connectivity index (χ4v) is 1.19. The fourth-order valence-electron chi connectivity index (χ4n) is 1.19. The average Bonchev–Trinajstić information content (AvgIpc) is 2.16. The van der Waals surface area contributed by atoms with Crippen LogP contribution >= 0.6 is 0 Å². The zero-order valence-corrected chi connectivity index (χ0v) is 8.05. The van der Waals surface area contributed by atoms with Crippen molar-refractivity contribution in [2.45, 2.75) is 19.9 Å². The molecule has 14 heavy (non-hydrogen) atoms. The van der Waals surface area contributed by atoms with Gasteiger partial charge in [0.2, 0.25) is 0 Å². The van der Waals surface area contributed by atoms with Crippen molar-refractivity contribution in [2.24, 2.45) is 5.73 Å². The molecule has 1 heterocycles. The third-order valence-corrected chi connectivity index (χ3v) is 1.91. The first-order valence-electron chi connectivity index (χ1n) is 4.12. The molecule has 0 aromatic carbocycles. The summed E-state index contributed by atoms with van der Waals surface area (Å²) in [6.45, 7) is 1.65. The van der Waals surface area contributed by atoms with Crippen molar-refractivity contribution in [2.75, 3.05) is 7.11 Å². The van der Waals surface area contributed by atoms with E-state index in [1.165, 1.54) is 13.2 Å². The SMILES string of the molecule is COc1cc(C)c(C(F)F)nc1CN. The van der Waals surface area contributed by atoms with Gasteiger partial charge in [0, 0.05) is 6.54 Å². The first kappa shape index (κ1) is 10.8. The third kappa shape index (κ3) is 1.98. The van der Waals surface area contributed by atoms with Crippen LogP contribution in [-0.4, -0.2) is 12.1 Å². The van der Waals surface area contributed by atoms with E-state index in [0.717, 1.165) is 0 Å². The molecular weight excluding hydrogens is 190 g/mol.